The van der Waals surface area contributed by atoms with E-state index in [0.717, 1.165) is 28.2 Å². The van der Waals surface area contributed by atoms with Gasteiger partial charge in [0.1, 0.15) is 11.5 Å². The van der Waals surface area contributed by atoms with Gasteiger partial charge in [0.15, 0.2) is 0 Å². The predicted octanol–water partition coefficient (Wildman–Crippen LogP) is 4.57. The second-order valence-corrected chi connectivity index (χ2v) is 5.20. The number of rotatable bonds is 5. The maximum absolute atomic E-state index is 5.16. The van der Waals surface area contributed by atoms with E-state index in [1.165, 1.54) is 0 Å². The van der Waals surface area contributed by atoms with Gasteiger partial charge in [0.05, 0.1) is 13.3 Å². The molecule has 3 nitrogen and oxygen atoms in total. The summed E-state index contributed by atoms with van der Waals surface area (Å²) in [5.74, 6) is 0.824. The summed E-state index contributed by atoms with van der Waals surface area (Å²) in [5, 5.41) is 8.73. The standard InChI is InChI=1S/C21H18N2O/c1-24-20-14-12-17(13-15-20)16-22-23-21(18-8-4-2-5-9-18)19-10-6-3-7-11-19/h2-16H,1H3. The monoisotopic (exact) mass is 314 g/mol. The lowest BCUT2D eigenvalue weighted by atomic mass is 10.0. The molecule has 24 heavy (non-hydrogen) atoms. The van der Waals surface area contributed by atoms with Crippen LogP contribution in [0.15, 0.2) is 95.1 Å². The summed E-state index contributed by atoms with van der Waals surface area (Å²) in [6.07, 6.45) is 1.74. The molecule has 0 fully saturated rings. The van der Waals surface area contributed by atoms with Crippen molar-refractivity contribution in [1.29, 1.82) is 0 Å². The molecule has 3 rings (SSSR count). The molecule has 0 saturated heterocycles. The molecule has 0 aliphatic rings. The van der Waals surface area contributed by atoms with Crippen LogP contribution in [-0.2, 0) is 0 Å². The van der Waals surface area contributed by atoms with Crippen LogP contribution in [0.4, 0.5) is 0 Å². The highest BCUT2D eigenvalue weighted by molar-refractivity contribution is 6.12. The normalized spacial score (nSPS) is 10.5. The minimum absolute atomic E-state index is 0.824. The molecule has 0 heterocycles. The van der Waals surface area contributed by atoms with E-state index >= 15 is 0 Å². The van der Waals surface area contributed by atoms with E-state index in [0.29, 0.717) is 0 Å². The second-order valence-electron chi connectivity index (χ2n) is 5.20. The van der Waals surface area contributed by atoms with Crippen molar-refractivity contribution in [2.24, 2.45) is 10.2 Å². The second kappa shape index (κ2) is 7.88. The van der Waals surface area contributed by atoms with Gasteiger partial charge in [0.25, 0.3) is 0 Å². The first-order valence-corrected chi connectivity index (χ1v) is 7.73. The number of hydrogen-bond acceptors (Lipinski definition) is 3. The van der Waals surface area contributed by atoms with Crippen LogP contribution < -0.4 is 4.74 Å². The summed E-state index contributed by atoms with van der Waals surface area (Å²) in [5.41, 5.74) is 3.90. The number of benzene rings is 3. The van der Waals surface area contributed by atoms with Crippen molar-refractivity contribution in [2.75, 3.05) is 7.11 Å². The Morgan fingerprint density at radius 1 is 0.750 bits per heavy atom. The van der Waals surface area contributed by atoms with Gasteiger partial charge in [0, 0.05) is 11.1 Å². The molecule has 3 aromatic rings. The lowest BCUT2D eigenvalue weighted by Gasteiger charge is -2.05. The number of nitrogens with zero attached hydrogens (tertiary/aromatic N) is 2. The molecule has 0 aliphatic heterocycles. The molecule has 0 N–H and O–H groups in total. The summed E-state index contributed by atoms with van der Waals surface area (Å²) in [6, 6.07) is 27.8. The molecule has 0 radical (unpaired) electrons. The van der Waals surface area contributed by atoms with E-state index in [4.69, 9.17) is 4.74 Å². The van der Waals surface area contributed by atoms with E-state index in [2.05, 4.69) is 10.2 Å². The van der Waals surface area contributed by atoms with Crippen LogP contribution >= 0.6 is 0 Å². The van der Waals surface area contributed by atoms with Crippen molar-refractivity contribution >= 4 is 11.9 Å². The third kappa shape index (κ3) is 3.96. The minimum atomic E-state index is 0.824. The maximum Gasteiger partial charge on any atom is 0.118 e. The Labute approximate surface area is 142 Å². The zero-order chi connectivity index (χ0) is 16.6. The first-order valence-electron chi connectivity index (χ1n) is 7.73. The molecule has 0 bridgehead atoms. The van der Waals surface area contributed by atoms with Crippen molar-refractivity contribution in [3.8, 4) is 5.75 Å². The van der Waals surface area contributed by atoms with Gasteiger partial charge in [-0.2, -0.15) is 5.10 Å². The fourth-order valence-corrected chi connectivity index (χ4v) is 2.32. The van der Waals surface area contributed by atoms with Gasteiger partial charge in [-0.1, -0.05) is 60.7 Å². The molecule has 118 valence electrons. The Hall–Kier alpha value is -3.20. The van der Waals surface area contributed by atoms with E-state index < -0.39 is 0 Å². The van der Waals surface area contributed by atoms with E-state index in [1.54, 1.807) is 13.3 Å². The molecule has 3 aromatic carbocycles. The topological polar surface area (TPSA) is 34.0 Å². The van der Waals surface area contributed by atoms with Crippen LogP contribution in [0.3, 0.4) is 0 Å². The van der Waals surface area contributed by atoms with Crippen LogP contribution in [-0.4, -0.2) is 19.0 Å². The average Bonchev–Trinajstić information content (AvgIpc) is 2.67. The third-order valence-corrected chi connectivity index (χ3v) is 3.57. The number of ether oxygens (including phenoxy) is 1. The first-order chi connectivity index (χ1) is 11.9. The van der Waals surface area contributed by atoms with Crippen LogP contribution in [0.2, 0.25) is 0 Å². The van der Waals surface area contributed by atoms with Gasteiger partial charge in [-0.15, -0.1) is 5.10 Å². The highest BCUT2D eigenvalue weighted by Gasteiger charge is 2.05. The first kappa shape index (κ1) is 15.7. The molecular weight excluding hydrogens is 296 g/mol. The molecule has 0 aliphatic carbocycles. The summed E-state index contributed by atoms with van der Waals surface area (Å²) in [7, 11) is 1.65. The summed E-state index contributed by atoms with van der Waals surface area (Å²) in [6.45, 7) is 0. The van der Waals surface area contributed by atoms with Gasteiger partial charge < -0.3 is 4.74 Å². The molecular formula is C21H18N2O. The van der Waals surface area contributed by atoms with Crippen molar-refractivity contribution < 1.29 is 4.74 Å². The minimum Gasteiger partial charge on any atom is -0.497 e. The summed E-state index contributed by atoms with van der Waals surface area (Å²) in [4.78, 5) is 0. The molecule has 0 spiro atoms. The Kier molecular flexibility index (Phi) is 5.15. The van der Waals surface area contributed by atoms with Crippen LogP contribution in [0.5, 0.6) is 5.75 Å². The van der Waals surface area contributed by atoms with E-state index in [-0.39, 0.29) is 0 Å². The van der Waals surface area contributed by atoms with Gasteiger partial charge in [0.2, 0.25) is 0 Å². The maximum atomic E-state index is 5.16. The van der Waals surface area contributed by atoms with Gasteiger partial charge >= 0.3 is 0 Å². The summed E-state index contributed by atoms with van der Waals surface area (Å²) < 4.78 is 5.16. The highest BCUT2D eigenvalue weighted by atomic mass is 16.5. The average molecular weight is 314 g/mol. The molecule has 0 aromatic heterocycles. The van der Waals surface area contributed by atoms with Crippen molar-refractivity contribution in [1.82, 2.24) is 0 Å². The quantitative estimate of drug-likeness (QED) is 0.502. The Morgan fingerprint density at radius 2 is 1.29 bits per heavy atom. The SMILES string of the molecule is COc1ccc(C=NN=C(c2ccccc2)c2ccccc2)cc1. The fourth-order valence-electron chi connectivity index (χ4n) is 2.32. The van der Waals surface area contributed by atoms with Crippen LogP contribution in [0.1, 0.15) is 16.7 Å². The van der Waals surface area contributed by atoms with Gasteiger partial charge in [-0.25, -0.2) is 0 Å². The predicted molar refractivity (Wildman–Crippen MR) is 99.1 cm³/mol. The van der Waals surface area contributed by atoms with Gasteiger partial charge in [-0.05, 0) is 29.8 Å². The summed E-state index contributed by atoms with van der Waals surface area (Å²) >= 11 is 0. The molecule has 0 amide bonds. The molecule has 3 heteroatoms. The van der Waals surface area contributed by atoms with Crippen LogP contribution in [0, 0.1) is 0 Å². The smallest absolute Gasteiger partial charge is 0.118 e. The lowest BCUT2D eigenvalue weighted by Crippen LogP contribution is -2.02. The molecule has 0 atom stereocenters. The Bertz CT molecular complexity index is 781. The largest absolute Gasteiger partial charge is 0.497 e. The van der Waals surface area contributed by atoms with Crippen molar-refractivity contribution in [3.05, 3.63) is 102 Å². The lowest BCUT2D eigenvalue weighted by molar-refractivity contribution is 0.415. The Balaban J connectivity index is 1.90. The Morgan fingerprint density at radius 3 is 1.79 bits per heavy atom. The fraction of sp³-hybridized carbons (Fsp3) is 0.0476. The van der Waals surface area contributed by atoms with Crippen molar-refractivity contribution in [2.45, 2.75) is 0 Å². The van der Waals surface area contributed by atoms with Gasteiger partial charge in [-0.3, -0.25) is 0 Å². The van der Waals surface area contributed by atoms with E-state index in [9.17, 15) is 0 Å². The highest BCUT2D eigenvalue weighted by Crippen LogP contribution is 2.12. The van der Waals surface area contributed by atoms with E-state index in [1.807, 2.05) is 84.9 Å². The third-order valence-electron chi connectivity index (χ3n) is 3.57. The molecule has 0 saturated carbocycles. The molecule has 0 unspecified atom stereocenters. The number of hydrogen-bond donors (Lipinski definition) is 0. The zero-order valence-electron chi connectivity index (χ0n) is 13.5. The van der Waals surface area contributed by atoms with Crippen LogP contribution in [0.25, 0.3) is 0 Å². The zero-order valence-corrected chi connectivity index (χ0v) is 13.5. The van der Waals surface area contributed by atoms with Crippen molar-refractivity contribution in [3.63, 3.8) is 0 Å². The number of methoxy groups -OCH3 is 1.